The van der Waals surface area contributed by atoms with Gasteiger partial charge in [0, 0.05) is 11.3 Å². The largest absolute Gasteiger partial charge is 1.00 e. The fourth-order valence-electron chi connectivity index (χ4n) is 4.30. The molecule has 0 bridgehead atoms. The Morgan fingerprint density at radius 3 is 1.95 bits per heavy atom. The molecule has 1 aliphatic rings. The molecule has 1 saturated heterocycles. The van der Waals surface area contributed by atoms with Crippen LogP contribution in [0.2, 0.25) is 0 Å². The fraction of sp³-hybridized carbons (Fsp3) is 0.452. The van der Waals surface area contributed by atoms with Crippen LogP contribution in [0.4, 0.5) is 0 Å². The van der Waals surface area contributed by atoms with Crippen LogP contribution in [0, 0.1) is 11.8 Å². The summed E-state index contributed by atoms with van der Waals surface area (Å²) < 4.78 is 5.35. The van der Waals surface area contributed by atoms with Crippen molar-refractivity contribution in [3.8, 4) is 0 Å². The first kappa shape index (κ1) is 41.4. The quantitative estimate of drug-likeness (QED) is 0.231. The monoisotopic (exact) mass is 570 g/mol. The van der Waals surface area contributed by atoms with Crippen LogP contribution < -0.4 is 56.5 Å². The Labute approximate surface area is 278 Å². The first-order valence-electron chi connectivity index (χ1n) is 12.5. The minimum atomic E-state index is -0.0522. The van der Waals surface area contributed by atoms with E-state index < -0.39 is 0 Å². The second kappa shape index (κ2) is 23.7. The van der Waals surface area contributed by atoms with Crippen molar-refractivity contribution in [1.82, 2.24) is 0 Å². The van der Waals surface area contributed by atoms with Crippen molar-refractivity contribution >= 4 is 30.9 Å². The van der Waals surface area contributed by atoms with Crippen LogP contribution in [-0.4, -0.2) is 32.3 Å². The van der Waals surface area contributed by atoms with E-state index in [0.29, 0.717) is 12.5 Å². The van der Waals surface area contributed by atoms with Gasteiger partial charge in [-0.05, 0) is 36.0 Å². The molecule has 0 amide bonds. The number of hydrogen-bond acceptors (Lipinski definition) is 5. The molecule has 2 aromatic rings. The van der Waals surface area contributed by atoms with E-state index in [2.05, 4.69) is 26.0 Å². The number of esters is 1. The number of rotatable bonds is 6. The van der Waals surface area contributed by atoms with Crippen molar-refractivity contribution in [1.29, 1.82) is 0 Å². The van der Waals surface area contributed by atoms with E-state index in [9.17, 15) is 14.4 Å². The molecule has 0 saturated carbocycles. The van der Waals surface area contributed by atoms with Gasteiger partial charge in [-0.3, -0.25) is 9.59 Å². The van der Waals surface area contributed by atoms with Gasteiger partial charge in [-0.2, -0.15) is 7.11 Å². The van der Waals surface area contributed by atoms with Crippen LogP contribution in [0.5, 0.6) is 0 Å². The number of hydrogen-bond donors (Lipinski definition) is 0. The number of cyclic esters (lactones) is 1. The summed E-state index contributed by atoms with van der Waals surface area (Å²) in [6.45, 7) is 12.5. The van der Waals surface area contributed by atoms with Crippen molar-refractivity contribution in [2.24, 2.45) is 11.8 Å². The van der Waals surface area contributed by atoms with E-state index in [1.165, 1.54) is 5.56 Å². The first-order chi connectivity index (χ1) is 17.2. The van der Waals surface area contributed by atoms with Gasteiger partial charge >= 0.3 is 57.4 Å². The molecule has 38 heavy (non-hydrogen) atoms. The molecule has 0 N–H and O–H groups in total. The summed E-state index contributed by atoms with van der Waals surface area (Å²) in [5.74, 6) is 0.316. The molecule has 2 aromatic carbocycles. The number of carbonyl (C=O) groups excluding carboxylic acids is 3. The van der Waals surface area contributed by atoms with Crippen molar-refractivity contribution in [2.75, 3.05) is 13.7 Å². The maximum absolute atomic E-state index is 11.7. The SMILES string of the molecule is CC(C=O)c1ccccc1.CC/C=C(\C)C=O.CCC1C(C)C(=O)OCC1(C)c1ccccc1.C[O-].Cl.[K+]. The average Bonchev–Trinajstić information content (AvgIpc) is 2.93. The number of allylic oxidation sites excluding steroid dienone is 2. The van der Waals surface area contributed by atoms with Gasteiger partial charge in [-0.15, -0.1) is 12.4 Å². The van der Waals surface area contributed by atoms with Crippen LogP contribution in [-0.2, 0) is 24.5 Å². The van der Waals surface area contributed by atoms with Gasteiger partial charge in [0.2, 0.25) is 0 Å². The second-order valence-electron chi connectivity index (χ2n) is 9.00. The fourth-order valence-corrected chi connectivity index (χ4v) is 4.30. The molecule has 3 rings (SSSR count). The van der Waals surface area contributed by atoms with Gasteiger partial charge < -0.3 is 14.6 Å². The molecular weight excluding hydrogens is 527 g/mol. The van der Waals surface area contributed by atoms with Gasteiger partial charge in [0.15, 0.2) is 0 Å². The van der Waals surface area contributed by atoms with Crippen LogP contribution >= 0.6 is 12.4 Å². The summed E-state index contributed by atoms with van der Waals surface area (Å²) >= 11 is 0. The summed E-state index contributed by atoms with van der Waals surface area (Å²) in [4.78, 5) is 31.8. The molecule has 0 aromatic heterocycles. The van der Waals surface area contributed by atoms with Crippen LogP contribution in [0.1, 0.15) is 71.4 Å². The summed E-state index contributed by atoms with van der Waals surface area (Å²) in [6.07, 6.45) is 5.66. The normalized spacial score (nSPS) is 20.4. The molecule has 4 atom stereocenters. The van der Waals surface area contributed by atoms with Gasteiger partial charge in [0.1, 0.15) is 19.2 Å². The summed E-state index contributed by atoms with van der Waals surface area (Å²) in [5.41, 5.74) is 3.12. The Bertz CT molecular complexity index is 920. The topological polar surface area (TPSA) is 83.5 Å². The molecule has 5 nitrogen and oxygen atoms in total. The first-order valence-corrected chi connectivity index (χ1v) is 12.5. The maximum Gasteiger partial charge on any atom is 1.00 e. The Kier molecular flexibility index (Phi) is 25.8. The molecule has 0 radical (unpaired) electrons. The summed E-state index contributed by atoms with van der Waals surface area (Å²) in [6, 6.07) is 20.1. The molecule has 0 spiro atoms. The van der Waals surface area contributed by atoms with Crippen molar-refractivity contribution in [3.63, 3.8) is 0 Å². The molecule has 7 heteroatoms. The smallest absolute Gasteiger partial charge is 0.857 e. The van der Waals surface area contributed by atoms with Gasteiger partial charge in [-0.25, -0.2) is 0 Å². The van der Waals surface area contributed by atoms with E-state index in [-0.39, 0.29) is 87.0 Å². The molecular formula is C31H44ClKO5. The summed E-state index contributed by atoms with van der Waals surface area (Å²) in [7, 11) is 0.750. The number of halogens is 1. The minimum absolute atomic E-state index is 0. The number of benzene rings is 2. The van der Waals surface area contributed by atoms with Gasteiger partial charge in [0.25, 0.3) is 0 Å². The van der Waals surface area contributed by atoms with E-state index in [1.807, 2.05) is 75.4 Å². The Morgan fingerprint density at radius 2 is 1.55 bits per heavy atom. The number of carbonyl (C=O) groups is 3. The average molecular weight is 571 g/mol. The van der Waals surface area contributed by atoms with Crippen LogP contribution in [0.25, 0.3) is 0 Å². The van der Waals surface area contributed by atoms with Crippen molar-refractivity contribution in [3.05, 3.63) is 83.4 Å². The van der Waals surface area contributed by atoms with E-state index in [4.69, 9.17) is 9.84 Å². The predicted octanol–water partition coefficient (Wildman–Crippen LogP) is 3.10. The second-order valence-corrected chi connectivity index (χ2v) is 9.00. The minimum Gasteiger partial charge on any atom is -0.857 e. The molecule has 0 aliphatic carbocycles. The van der Waals surface area contributed by atoms with Crippen LogP contribution in [0.3, 0.4) is 0 Å². The zero-order valence-corrected chi connectivity index (χ0v) is 28.2. The van der Waals surface area contributed by atoms with Crippen LogP contribution in [0.15, 0.2) is 72.3 Å². The third-order valence-corrected chi connectivity index (χ3v) is 6.42. The number of ether oxygens (including phenoxy) is 1. The summed E-state index contributed by atoms with van der Waals surface area (Å²) in [5, 5.41) is 8.25. The van der Waals surface area contributed by atoms with Gasteiger partial charge in [0.05, 0.1) is 5.92 Å². The standard InChI is InChI=1S/C15H20O2.C9H10O.C6H10O.CH3O.ClH.K/c1-4-13-11(2)14(16)17-10-15(13,3)12-8-6-5-7-9-12;1-8(7-10)9-5-3-2-4-6-9;1-3-4-6(2)5-7;1-2;;/h5-9,11,13H,4,10H2,1-3H3;2-8H,1H3;4-5H,3H2,1-2H3;1H3;1H;/q;;;-1;;+1/b;;6-4+;;;. The van der Waals surface area contributed by atoms with E-state index in [1.54, 1.807) is 6.92 Å². The third kappa shape index (κ3) is 13.8. The maximum atomic E-state index is 11.7. The number of aldehydes is 2. The van der Waals surface area contributed by atoms with Gasteiger partial charge in [-0.1, -0.05) is 108 Å². The molecule has 1 aliphatic heterocycles. The Hall–Kier alpha value is -1.12. The Balaban J connectivity index is -0.000000502. The third-order valence-electron chi connectivity index (χ3n) is 6.42. The molecule has 206 valence electrons. The zero-order valence-electron chi connectivity index (χ0n) is 24.3. The molecule has 4 unspecified atom stereocenters. The van der Waals surface area contributed by atoms with Crippen molar-refractivity contribution in [2.45, 2.75) is 65.7 Å². The molecule has 1 fully saturated rings. The van der Waals surface area contributed by atoms with E-state index >= 15 is 0 Å². The predicted molar refractivity (Wildman–Crippen MR) is 152 cm³/mol. The van der Waals surface area contributed by atoms with Crippen molar-refractivity contribution < 1.29 is 75.6 Å². The Morgan fingerprint density at radius 1 is 1.05 bits per heavy atom. The molecule has 1 heterocycles. The van der Waals surface area contributed by atoms with E-state index in [0.717, 1.165) is 43.7 Å². The zero-order chi connectivity index (χ0) is 27.6.